The lowest BCUT2D eigenvalue weighted by Crippen LogP contribution is -2.45. The number of carboxylic acids is 1. The van der Waals surface area contributed by atoms with E-state index in [2.05, 4.69) is 0 Å². The number of carboxylic acid groups (broad SMARTS) is 1. The topological polar surface area (TPSA) is 91.8 Å². The van der Waals surface area contributed by atoms with Crippen LogP contribution < -0.4 is 0 Å². The zero-order valence-electron chi connectivity index (χ0n) is 11.6. The Labute approximate surface area is 119 Å². The van der Waals surface area contributed by atoms with E-state index in [0.29, 0.717) is 19.3 Å². The van der Waals surface area contributed by atoms with Gasteiger partial charge in [0, 0.05) is 13.1 Å². The van der Waals surface area contributed by atoms with E-state index in [-0.39, 0.29) is 23.5 Å². The van der Waals surface area contributed by atoms with Crippen molar-refractivity contribution < 1.29 is 23.1 Å². The SMILES string of the molecule is CN(C(=O)[C@@H]1CCCC[C@H]1C(=O)O)[C@@H]1CCS(=O)(=O)C1. The van der Waals surface area contributed by atoms with E-state index in [1.54, 1.807) is 7.05 Å². The molecular formula is C13H21NO5S. The standard InChI is InChI=1S/C13H21NO5S/c1-14(9-6-7-20(18,19)8-9)12(15)10-4-2-3-5-11(10)13(16)17/h9-11H,2-8H2,1H3,(H,16,17)/t9-,10-,11-/m1/s1. The number of carbonyl (C=O) groups excluding carboxylic acids is 1. The first-order valence-electron chi connectivity index (χ1n) is 7.02. The van der Waals surface area contributed by atoms with E-state index in [1.165, 1.54) is 4.90 Å². The summed E-state index contributed by atoms with van der Waals surface area (Å²) in [6, 6.07) is -0.302. The molecule has 114 valence electrons. The molecular weight excluding hydrogens is 282 g/mol. The molecule has 1 saturated heterocycles. The molecule has 1 aliphatic heterocycles. The van der Waals surface area contributed by atoms with E-state index >= 15 is 0 Å². The fraction of sp³-hybridized carbons (Fsp3) is 0.846. The van der Waals surface area contributed by atoms with Crippen molar-refractivity contribution >= 4 is 21.7 Å². The van der Waals surface area contributed by atoms with Crippen LogP contribution in [0.4, 0.5) is 0 Å². The van der Waals surface area contributed by atoms with Crippen molar-refractivity contribution in [3.63, 3.8) is 0 Å². The molecule has 0 aromatic rings. The molecule has 0 aromatic carbocycles. The Balaban J connectivity index is 2.07. The number of sulfone groups is 1. The maximum Gasteiger partial charge on any atom is 0.307 e. The number of aliphatic carboxylic acids is 1. The number of hydrogen-bond acceptors (Lipinski definition) is 4. The van der Waals surface area contributed by atoms with Crippen LogP contribution in [0.15, 0.2) is 0 Å². The lowest BCUT2D eigenvalue weighted by Gasteiger charge is -2.33. The first-order valence-corrected chi connectivity index (χ1v) is 8.84. The third-order valence-corrected chi connectivity index (χ3v) is 6.25. The Bertz CT molecular complexity index is 501. The smallest absolute Gasteiger partial charge is 0.307 e. The van der Waals surface area contributed by atoms with Crippen LogP contribution in [0.1, 0.15) is 32.1 Å². The first kappa shape index (κ1) is 15.3. The number of nitrogens with zero attached hydrogens (tertiary/aromatic N) is 1. The second-order valence-electron chi connectivity index (χ2n) is 5.84. The van der Waals surface area contributed by atoms with Gasteiger partial charge in [-0.05, 0) is 19.3 Å². The van der Waals surface area contributed by atoms with Crippen molar-refractivity contribution in [3.8, 4) is 0 Å². The Morgan fingerprint density at radius 2 is 1.70 bits per heavy atom. The minimum Gasteiger partial charge on any atom is -0.481 e. The molecule has 20 heavy (non-hydrogen) atoms. The molecule has 0 radical (unpaired) electrons. The van der Waals surface area contributed by atoms with Crippen molar-refractivity contribution in [2.75, 3.05) is 18.6 Å². The maximum absolute atomic E-state index is 12.5. The van der Waals surface area contributed by atoms with Crippen LogP contribution in [0.3, 0.4) is 0 Å². The van der Waals surface area contributed by atoms with Crippen LogP contribution in [0.5, 0.6) is 0 Å². The van der Waals surface area contributed by atoms with Crippen molar-refractivity contribution in [2.45, 2.75) is 38.1 Å². The lowest BCUT2D eigenvalue weighted by molar-refractivity contribution is -0.152. The zero-order chi connectivity index (χ0) is 14.9. The molecule has 2 fully saturated rings. The Hall–Kier alpha value is -1.11. The summed E-state index contributed by atoms with van der Waals surface area (Å²) >= 11 is 0. The molecule has 0 unspecified atom stereocenters. The van der Waals surface area contributed by atoms with Gasteiger partial charge in [0.05, 0.1) is 23.3 Å². The van der Waals surface area contributed by atoms with Crippen LogP contribution >= 0.6 is 0 Å². The summed E-state index contributed by atoms with van der Waals surface area (Å²) in [5.74, 6) is -2.15. The number of hydrogen-bond donors (Lipinski definition) is 1. The number of carbonyl (C=O) groups is 2. The molecule has 3 atom stereocenters. The van der Waals surface area contributed by atoms with Crippen LogP contribution in [0.2, 0.25) is 0 Å². The molecule has 1 aliphatic carbocycles. The summed E-state index contributed by atoms with van der Waals surface area (Å²) in [4.78, 5) is 25.2. The minimum atomic E-state index is -3.04. The molecule has 0 aromatic heterocycles. The zero-order valence-corrected chi connectivity index (χ0v) is 12.4. The van der Waals surface area contributed by atoms with Gasteiger partial charge in [-0.15, -0.1) is 0 Å². The third kappa shape index (κ3) is 3.13. The van der Waals surface area contributed by atoms with E-state index in [9.17, 15) is 23.1 Å². The predicted molar refractivity (Wildman–Crippen MR) is 72.9 cm³/mol. The highest BCUT2D eigenvalue weighted by Crippen LogP contribution is 2.32. The van der Waals surface area contributed by atoms with Crippen LogP contribution in [-0.2, 0) is 19.4 Å². The van der Waals surface area contributed by atoms with Crippen LogP contribution in [0, 0.1) is 11.8 Å². The van der Waals surface area contributed by atoms with Gasteiger partial charge in [-0.25, -0.2) is 8.42 Å². The largest absolute Gasteiger partial charge is 0.481 e. The highest BCUT2D eigenvalue weighted by atomic mass is 32.2. The highest BCUT2D eigenvalue weighted by molar-refractivity contribution is 7.91. The minimum absolute atomic E-state index is 0.000300. The fourth-order valence-corrected chi connectivity index (χ4v) is 5.02. The molecule has 0 spiro atoms. The van der Waals surface area contributed by atoms with Crippen molar-refractivity contribution in [1.82, 2.24) is 4.90 Å². The van der Waals surface area contributed by atoms with E-state index in [0.717, 1.165) is 12.8 Å². The summed E-state index contributed by atoms with van der Waals surface area (Å²) < 4.78 is 23.0. The molecule has 2 rings (SSSR count). The van der Waals surface area contributed by atoms with Gasteiger partial charge in [-0.3, -0.25) is 9.59 Å². The quantitative estimate of drug-likeness (QED) is 0.821. The van der Waals surface area contributed by atoms with Gasteiger partial charge < -0.3 is 10.0 Å². The molecule has 6 nitrogen and oxygen atoms in total. The Kier molecular flexibility index (Phi) is 4.36. The van der Waals surface area contributed by atoms with Crippen LogP contribution in [-0.4, -0.2) is 54.9 Å². The maximum atomic E-state index is 12.5. The average molecular weight is 303 g/mol. The first-order chi connectivity index (χ1) is 9.32. The normalized spacial score (nSPS) is 32.8. The molecule has 1 saturated carbocycles. The summed E-state index contributed by atoms with van der Waals surface area (Å²) in [5, 5.41) is 9.22. The van der Waals surface area contributed by atoms with Gasteiger partial charge in [0.2, 0.25) is 5.91 Å². The number of rotatable bonds is 3. The van der Waals surface area contributed by atoms with Crippen molar-refractivity contribution in [1.29, 1.82) is 0 Å². The predicted octanol–water partition coefficient (Wildman–Crippen LogP) is 0.523. The molecule has 1 heterocycles. The molecule has 1 amide bonds. The second kappa shape index (κ2) is 5.71. The van der Waals surface area contributed by atoms with Crippen molar-refractivity contribution in [2.24, 2.45) is 11.8 Å². The van der Waals surface area contributed by atoms with E-state index in [4.69, 9.17) is 0 Å². The van der Waals surface area contributed by atoms with Gasteiger partial charge in [-0.1, -0.05) is 12.8 Å². The fourth-order valence-electron chi connectivity index (χ4n) is 3.24. The third-order valence-electron chi connectivity index (χ3n) is 4.50. The molecule has 0 bridgehead atoms. The summed E-state index contributed by atoms with van der Waals surface area (Å²) in [5.41, 5.74) is 0. The van der Waals surface area contributed by atoms with E-state index in [1.807, 2.05) is 0 Å². The summed E-state index contributed by atoms with van der Waals surface area (Å²) in [7, 11) is -1.45. The number of amides is 1. The second-order valence-corrected chi connectivity index (χ2v) is 8.07. The average Bonchev–Trinajstić information content (AvgIpc) is 2.77. The van der Waals surface area contributed by atoms with Gasteiger partial charge in [0.1, 0.15) is 0 Å². The highest BCUT2D eigenvalue weighted by Gasteiger charge is 2.40. The van der Waals surface area contributed by atoms with E-state index < -0.39 is 27.6 Å². The Morgan fingerprint density at radius 1 is 1.10 bits per heavy atom. The Morgan fingerprint density at radius 3 is 2.20 bits per heavy atom. The monoisotopic (exact) mass is 303 g/mol. The molecule has 1 N–H and O–H groups in total. The van der Waals surface area contributed by atoms with Crippen molar-refractivity contribution in [3.05, 3.63) is 0 Å². The van der Waals surface area contributed by atoms with Gasteiger partial charge in [-0.2, -0.15) is 0 Å². The van der Waals surface area contributed by atoms with Gasteiger partial charge in [0.15, 0.2) is 9.84 Å². The molecule has 7 heteroatoms. The van der Waals surface area contributed by atoms with Gasteiger partial charge in [0.25, 0.3) is 0 Å². The summed E-state index contributed by atoms with van der Waals surface area (Å²) in [6.45, 7) is 0. The summed E-state index contributed by atoms with van der Waals surface area (Å²) in [6.07, 6.45) is 3.26. The van der Waals surface area contributed by atoms with Gasteiger partial charge >= 0.3 is 5.97 Å². The van der Waals surface area contributed by atoms with Crippen LogP contribution in [0.25, 0.3) is 0 Å². The molecule has 2 aliphatic rings. The lowest BCUT2D eigenvalue weighted by atomic mass is 9.78.